The Hall–Kier alpha value is -0.800. The second-order valence-corrected chi connectivity index (χ2v) is 4.66. The number of nitrogens with two attached hydrogens (primary N) is 1. The number of hydrogen-bond acceptors (Lipinski definition) is 3. The summed E-state index contributed by atoms with van der Waals surface area (Å²) in [5.74, 6) is 1.71. The average molecular weight is 197 g/mol. The van der Waals surface area contributed by atoms with Crippen LogP contribution in [0.3, 0.4) is 0 Å². The van der Waals surface area contributed by atoms with E-state index in [-0.39, 0.29) is 18.1 Å². The molecule has 0 spiro atoms. The van der Waals surface area contributed by atoms with Crippen molar-refractivity contribution in [3.63, 3.8) is 0 Å². The van der Waals surface area contributed by atoms with Crippen LogP contribution >= 0.6 is 0 Å². The van der Waals surface area contributed by atoms with Crippen LogP contribution in [-0.4, -0.2) is 11.7 Å². The third kappa shape index (κ3) is 2.16. The van der Waals surface area contributed by atoms with Crippen LogP contribution in [0, 0.1) is 6.92 Å². The number of furan rings is 1. The third-order valence-corrected chi connectivity index (χ3v) is 2.29. The highest BCUT2D eigenvalue weighted by Gasteiger charge is 2.22. The molecule has 0 saturated carbocycles. The first-order valence-corrected chi connectivity index (χ1v) is 4.83. The monoisotopic (exact) mass is 197 g/mol. The van der Waals surface area contributed by atoms with E-state index in [1.807, 2.05) is 13.0 Å². The largest absolute Gasteiger partial charge is 0.465 e. The zero-order chi connectivity index (χ0) is 10.9. The Morgan fingerprint density at radius 3 is 2.43 bits per heavy atom. The Balaban J connectivity index is 3.05. The standard InChI is InChI=1S/C11H19NO2/c1-7-8(9(12)6-13)5-10(14-7)11(2,3)4/h5,9,13H,6,12H2,1-4H3. The van der Waals surface area contributed by atoms with Crippen LogP contribution in [0.15, 0.2) is 10.5 Å². The molecule has 1 atom stereocenters. The predicted molar refractivity (Wildman–Crippen MR) is 56.2 cm³/mol. The van der Waals surface area contributed by atoms with Gasteiger partial charge in [0.25, 0.3) is 0 Å². The van der Waals surface area contributed by atoms with Gasteiger partial charge < -0.3 is 15.3 Å². The Morgan fingerprint density at radius 2 is 2.07 bits per heavy atom. The van der Waals surface area contributed by atoms with E-state index >= 15 is 0 Å². The number of aliphatic hydroxyl groups is 1. The molecular formula is C11H19NO2. The zero-order valence-electron chi connectivity index (χ0n) is 9.29. The van der Waals surface area contributed by atoms with Crippen LogP contribution in [-0.2, 0) is 5.41 Å². The van der Waals surface area contributed by atoms with Crippen molar-refractivity contribution in [2.45, 2.75) is 39.2 Å². The van der Waals surface area contributed by atoms with Crippen LogP contribution < -0.4 is 5.73 Å². The van der Waals surface area contributed by atoms with E-state index in [1.165, 1.54) is 0 Å². The molecule has 1 rings (SSSR count). The van der Waals surface area contributed by atoms with Gasteiger partial charge in [-0.15, -0.1) is 0 Å². The first-order valence-electron chi connectivity index (χ1n) is 4.83. The van der Waals surface area contributed by atoms with E-state index < -0.39 is 0 Å². The molecule has 0 fully saturated rings. The van der Waals surface area contributed by atoms with Crippen molar-refractivity contribution in [2.24, 2.45) is 5.73 Å². The summed E-state index contributed by atoms with van der Waals surface area (Å²) < 4.78 is 5.61. The summed E-state index contributed by atoms with van der Waals surface area (Å²) in [6.07, 6.45) is 0. The fourth-order valence-electron chi connectivity index (χ4n) is 1.33. The Kier molecular flexibility index (Phi) is 3.02. The lowest BCUT2D eigenvalue weighted by Crippen LogP contribution is -2.15. The summed E-state index contributed by atoms with van der Waals surface area (Å²) in [7, 11) is 0. The number of hydrogen-bond donors (Lipinski definition) is 2. The van der Waals surface area contributed by atoms with Crippen molar-refractivity contribution in [3.05, 3.63) is 23.2 Å². The topological polar surface area (TPSA) is 59.4 Å². The maximum atomic E-state index is 8.96. The van der Waals surface area contributed by atoms with E-state index in [9.17, 15) is 0 Å². The first-order chi connectivity index (χ1) is 6.36. The molecule has 1 aromatic heterocycles. The fourth-order valence-corrected chi connectivity index (χ4v) is 1.33. The normalized spacial score (nSPS) is 14.4. The van der Waals surface area contributed by atoms with E-state index in [0.717, 1.165) is 17.1 Å². The average Bonchev–Trinajstić information content (AvgIpc) is 2.45. The zero-order valence-corrected chi connectivity index (χ0v) is 9.29. The second-order valence-electron chi connectivity index (χ2n) is 4.66. The highest BCUT2D eigenvalue weighted by molar-refractivity contribution is 5.27. The van der Waals surface area contributed by atoms with Crippen molar-refractivity contribution in [1.29, 1.82) is 0 Å². The van der Waals surface area contributed by atoms with Gasteiger partial charge in [-0.2, -0.15) is 0 Å². The molecule has 0 radical (unpaired) electrons. The minimum atomic E-state index is -0.338. The maximum Gasteiger partial charge on any atom is 0.109 e. The van der Waals surface area contributed by atoms with Gasteiger partial charge in [0, 0.05) is 11.0 Å². The lowest BCUT2D eigenvalue weighted by molar-refractivity contribution is 0.266. The molecule has 1 heterocycles. The molecule has 0 aliphatic carbocycles. The number of aryl methyl sites for hydroxylation is 1. The van der Waals surface area contributed by atoms with Gasteiger partial charge in [0.1, 0.15) is 11.5 Å². The van der Waals surface area contributed by atoms with Crippen LogP contribution in [0.1, 0.15) is 43.9 Å². The van der Waals surface area contributed by atoms with E-state index in [4.69, 9.17) is 15.3 Å². The van der Waals surface area contributed by atoms with Gasteiger partial charge in [-0.25, -0.2) is 0 Å². The minimum Gasteiger partial charge on any atom is -0.465 e. The van der Waals surface area contributed by atoms with Gasteiger partial charge in [-0.1, -0.05) is 20.8 Å². The Labute approximate surface area is 84.9 Å². The molecule has 0 bridgehead atoms. The summed E-state index contributed by atoms with van der Waals surface area (Å²) >= 11 is 0. The molecule has 1 unspecified atom stereocenters. The predicted octanol–water partition coefficient (Wildman–Crippen LogP) is 1.88. The van der Waals surface area contributed by atoms with Crippen molar-refractivity contribution in [3.8, 4) is 0 Å². The highest BCUT2D eigenvalue weighted by atomic mass is 16.3. The lowest BCUT2D eigenvalue weighted by Gasteiger charge is -2.13. The van der Waals surface area contributed by atoms with Crippen molar-refractivity contribution >= 4 is 0 Å². The van der Waals surface area contributed by atoms with Gasteiger partial charge in [0.2, 0.25) is 0 Å². The lowest BCUT2D eigenvalue weighted by atomic mass is 9.92. The van der Waals surface area contributed by atoms with Gasteiger partial charge in [-0.3, -0.25) is 0 Å². The number of aliphatic hydroxyl groups excluding tert-OH is 1. The van der Waals surface area contributed by atoms with Crippen LogP contribution in [0.2, 0.25) is 0 Å². The molecule has 0 aliphatic heterocycles. The first kappa shape index (κ1) is 11.3. The molecule has 0 aliphatic rings. The van der Waals surface area contributed by atoms with Crippen molar-refractivity contribution in [1.82, 2.24) is 0 Å². The summed E-state index contributed by atoms with van der Waals surface area (Å²) in [5.41, 5.74) is 6.63. The van der Waals surface area contributed by atoms with Crippen molar-refractivity contribution < 1.29 is 9.52 Å². The fraction of sp³-hybridized carbons (Fsp3) is 0.636. The molecule has 1 aromatic rings. The molecule has 3 nitrogen and oxygen atoms in total. The smallest absolute Gasteiger partial charge is 0.109 e. The second kappa shape index (κ2) is 3.75. The Bertz CT molecular complexity index is 310. The minimum absolute atomic E-state index is 0.0157. The van der Waals surface area contributed by atoms with E-state index in [0.29, 0.717) is 0 Å². The molecule has 3 N–H and O–H groups in total. The van der Waals surface area contributed by atoms with Gasteiger partial charge in [-0.05, 0) is 13.0 Å². The maximum absolute atomic E-state index is 8.96. The molecule has 0 saturated heterocycles. The molecular weight excluding hydrogens is 178 g/mol. The summed E-state index contributed by atoms with van der Waals surface area (Å²) in [6.45, 7) is 8.07. The quantitative estimate of drug-likeness (QED) is 0.761. The van der Waals surface area contributed by atoms with Gasteiger partial charge in [0.05, 0.1) is 12.6 Å². The van der Waals surface area contributed by atoms with E-state index in [2.05, 4.69) is 20.8 Å². The summed E-state index contributed by atoms with van der Waals surface area (Å²) in [5, 5.41) is 8.96. The van der Waals surface area contributed by atoms with Crippen LogP contribution in [0.5, 0.6) is 0 Å². The molecule has 0 aromatic carbocycles. The third-order valence-electron chi connectivity index (χ3n) is 2.29. The Morgan fingerprint density at radius 1 is 1.50 bits per heavy atom. The molecule has 80 valence electrons. The number of rotatable bonds is 2. The van der Waals surface area contributed by atoms with Gasteiger partial charge in [0.15, 0.2) is 0 Å². The summed E-state index contributed by atoms with van der Waals surface area (Å²) in [6, 6.07) is 1.60. The molecule has 3 heteroatoms. The van der Waals surface area contributed by atoms with Crippen LogP contribution in [0.4, 0.5) is 0 Å². The van der Waals surface area contributed by atoms with Crippen LogP contribution in [0.25, 0.3) is 0 Å². The molecule has 14 heavy (non-hydrogen) atoms. The SMILES string of the molecule is Cc1oc(C(C)(C)C)cc1C(N)CO. The summed E-state index contributed by atoms with van der Waals surface area (Å²) in [4.78, 5) is 0. The highest BCUT2D eigenvalue weighted by Crippen LogP contribution is 2.29. The van der Waals surface area contributed by atoms with Crippen molar-refractivity contribution in [2.75, 3.05) is 6.61 Å². The van der Waals surface area contributed by atoms with Gasteiger partial charge >= 0.3 is 0 Å². The van der Waals surface area contributed by atoms with E-state index in [1.54, 1.807) is 0 Å². The molecule has 0 amide bonds.